The van der Waals surface area contributed by atoms with E-state index in [1.807, 2.05) is 32.0 Å². The van der Waals surface area contributed by atoms with Crippen molar-refractivity contribution in [3.05, 3.63) is 68.9 Å². The second-order valence-corrected chi connectivity index (χ2v) is 5.72. The Balaban J connectivity index is 2.20. The van der Waals surface area contributed by atoms with E-state index in [1.165, 1.54) is 11.6 Å². The smallest absolute Gasteiger partial charge is 0.127 e. The molecule has 1 nitrogen and oxygen atoms in total. The van der Waals surface area contributed by atoms with Crippen LogP contribution in [0.2, 0.25) is 0 Å². The minimum absolute atomic E-state index is 0.279. The zero-order valence-corrected chi connectivity index (χ0v) is 12.5. The summed E-state index contributed by atoms with van der Waals surface area (Å²) in [6, 6.07) is 10.7. The lowest BCUT2D eigenvalue weighted by Crippen LogP contribution is -2.04. The van der Waals surface area contributed by atoms with E-state index in [0.717, 1.165) is 11.1 Å². The molecule has 0 spiro atoms. The van der Waals surface area contributed by atoms with Gasteiger partial charge in [-0.25, -0.2) is 4.39 Å². The maximum Gasteiger partial charge on any atom is 0.127 e. The maximum absolute atomic E-state index is 13.7. The number of aliphatic hydroxyl groups excluding tert-OH is 1. The van der Waals surface area contributed by atoms with Crippen LogP contribution in [0.25, 0.3) is 0 Å². The SMILES string of the molecule is Cc1ccc(C(O)Cc2ccc(Br)cc2F)cc1C. The first-order valence-corrected chi connectivity index (χ1v) is 6.96. The summed E-state index contributed by atoms with van der Waals surface area (Å²) < 4.78 is 14.4. The maximum atomic E-state index is 13.7. The lowest BCUT2D eigenvalue weighted by Gasteiger charge is -2.13. The van der Waals surface area contributed by atoms with E-state index >= 15 is 0 Å². The van der Waals surface area contributed by atoms with Crippen molar-refractivity contribution in [2.24, 2.45) is 0 Å². The van der Waals surface area contributed by atoms with Crippen molar-refractivity contribution in [1.82, 2.24) is 0 Å². The van der Waals surface area contributed by atoms with Crippen molar-refractivity contribution in [2.75, 3.05) is 0 Å². The quantitative estimate of drug-likeness (QED) is 0.883. The Kier molecular flexibility index (Phi) is 4.38. The Morgan fingerprint density at radius 1 is 1.11 bits per heavy atom. The van der Waals surface area contributed by atoms with Gasteiger partial charge >= 0.3 is 0 Å². The van der Waals surface area contributed by atoms with Gasteiger partial charge in [-0.1, -0.05) is 40.2 Å². The highest BCUT2D eigenvalue weighted by atomic mass is 79.9. The van der Waals surface area contributed by atoms with Gasteiger partial charge in [-0.05, 0) is 48.2 Å². The Morgan fingerprint density at radius 2 is 1.84 bits per heavy atom. The van der Waals surface area contributed by atoms with Crippen LogP contribution in [0.15, 0.2) is 40.9 Å². The lowest BCUT2D eigenvalue weighted by molar-refractivity contribution is 0.177. The van der Waals surface area contributed by atoms with Crippen molar-refractivity contribution in [1.29, 1.82) is 0 Å². The predicted octanol–water partition coefficient (Wildman–Crippen LogP) is 4.48. The van der Waals surface area contributed by atoms with Gasteiger partial charge in [-0.3, -0.25) is 0 Å². The Bertz CT molecular complexity index is 595. The molecule has 2 aromatic rings. The van der Waals surface area contributed by atoms with E-state index in [9.17, 15) is 9.50 Å². The van der Waals surface area contributed by atoms with Gasteiger partial charge in [0.2, 0.25) is 0 Å². The molecule has 0 saturated carbocycles. The summed E-state index contributed by atoms with van der Waals surface area (Å²) in [5, 5.41) is 10.2. The van der Waals surface area contributed by atoms with Gasteiger partial charge in [0.15, 0.2) is 0 Å². The number of aryl methyl sites for hydroxylation is 2. The minimum Gasteiger partial charge on any atom is -0.388 e. The molecule has 19 heavy (non-hydrogen) atoms. The van der Waals surface area contributed by atoms with Gasteiger partial charge in [0.25, 0.3) is 0 Å². The molecule has 0 radical (unpaired) electrons. The Morgan fingerprint density at radius 3 is 2.47 bits per heavy atom. The number of rotatable bonds is 3. The van der Waals surface area contributed by atoms with E-state index in [4.69, 9.17) is 0 Å². The number of halogens is 2. The van der Waals surface area contributed by atoms with Gasteiger partial charge in [0, 0.05) is 10.9 Å². The summed E-state index contributed by atoms with van der Waals surface area (Å²) in [5.74, 6) is -0.294. The van der Waals surface area contributed by atoms with Crippen molar-refractivity contribution in [3.8, 4) is 0 Å². The zero-order valence-electron chi connectivity index (χ0n) is 11.0. The van der Waals surface area contributed by atoms with Crippen molar-refractivity contribution in [3.63, 3.8) is 0 Å². The molecule has 3 heteroatoms. The highest BCUT2D eigenvalue weighted by Gasteiger charge is 2.12. The van der Waals surface area contributed by atoms with Gasteiger partial charge in [0.1, 0.15) is 5.82 Å². The first-order valence-electron chi connectivity index (χ1n) is 6.16. The monoisotopic (exact) mass is 322 g/mol. The van der Waals surface area contributed by atoms with E-state index in [1.54, 1.807) is 12.1 Å². The van der Waals surface area contributed by atoms with Gasteiger partial charge in [-0.2, -0.15) is 0 Å². The average molecular weight is 323 g/mol. The summed E-state index contributed by atoms with van der Waals surface area (Å²) in [6.45, 7) is 4.03. The summed E-state index contributed by atoms with van der Waals surface area (Å²) in [6.07, 6.45) is -0.406. The third-order valence-electron chi connectivity index (χ3n) is 3.34. The molecular formula is C16H16BrFO. The summed E-state index contributed by atoms with van der Waals surface area (Å²) in [5.41, 5.74) is 3.66. The van der Waals surface area contributed by atoms with Gasteiger partial charge in [0.05, 0.1) is 6.10 Å². The second kappa shape index (κ2) is 5.85. The summed E-state index contributed by atoms with van der Waals surface area (Å²) >= 11 is 3.22. The third-order valence-corrected chi connectivity index (χ3v) is 3.84. The standard InChI is InChI=1S/C16H16BrFO/c1-10-3-4-13(7-11(10)2)16(19)8-12-5-6-14(17)9-15(12)18/h3-7,9,16,19H,8H2,1-2H3. The van der Waals surface area contributed by atoms with Crippen LogP contribution in [0, 0.1) is 19.7 Å². The van der Waals surface area contributed by atoms with Crippen molar-refractivity contribution in [2.45, 2.75) is 26.4 Å². The molecule has 1 N–H and O–H groups in total. The van der Waals surface area contributed by atoms with Crippen molar-refractivity contribution >= 4 is 15.9 Å². The van der Waals surface area contributed by atoms with Crippen LogP contribution >= 0.6 is 15.9 Å². The lowest BCUT2D eigenvalue weighted by atomic mass is 9.98. The Hall–Kier alpha value is -1.19. The molecule has 0 bridgehead atoms. The molecule has 0 aromatic heterocycles. The second-order valence-electron chi connectivity index (χ2n) is 4.80. The molecule has 1 unspecified atom stereocenters. The zero-order chi connectivity index (χ0) is 14.0. The van der Waals surface area contributed by atoms with Crippen LogP contribution in [0.4, 0.5) is 4.39 Å². The molecule has 1 atom stereocenters. The Labute approximate surface area is 121 Å². The largest absolute Gasteiger partial charge is 0.388 e. The molecule has 0 saturated heterocycles. The molecule has 0 aliphatic carbocycles. The number of aliphatic hydroxyl groups is 1. The number of benzene rings is 2. The van der Waals surface area contributed by atoms with E-state index in [2.05, 4.69) is 15.9 Å². The van der Waals surface area contributed by atoms with Crippen LogP contribution in [0.5, 0.6) is 0 Å². The summed E-state index contributed by atoms with van der Waals surface area (Å²) in [7, 11) is 0. The van der Waals surface area contributed by atoms with E-state index in [0.29, 0.717) is 10.0 Å². The fourth-order valence-corrected chi connectivity index (χ4v) is 2.32. The molecule has 2 aromatic carbocycles. The van der Waals surface area contributed by atoms with Crippen LogP contribution in [0.1, 0.15) is 28.4 Å². The van der Waals surface area contributed by atoms with E-state index in [-0.39, 0.29) is 12.2 Å². The van der Waals surface area contributed by atoms with Crippen LogP contribution in [0.3, 0.4) is 0 Å². The molecule has 0 amide bonds. The first-order chi connectivity index (χ1) is 8.97. The van der Waals surface area contributed by atoms with Gasteiger partial charge in [-0.15, -0.1) is 0 Å². The average Bonchev–Trinajstić information content (AvgIpc) is 2.36. The molecular weight excluding hydrogens is 307 g/mol. The molecule has 0 aliphatic rings. The predicted molar refractivity (Wildman–Crippen MR) is 78.7 cm³/mol. The fraction of sp³-hybridized carbons (Fsp3) is 0.250. The van der Waals surface area contributed by atoms with Crippen LogP contribution in [-0.4, -0.2) is 5.11 Å². The summed E-state index contributed by atoms with van der Waals surface area (Å²) in [4.78, 5) is 0. The minimum atomic E-state index is -0.685. The highest BCUT2D eigenvalue weighted by Crippen LogP contribution is 2.23. The highest BCUT2D eigenvalue weighted by molar-refractivity contribution is 9.10. The first kappa shape index (κ1) is 14.2. The van der Waals surface area contributed by atoms with Crippen molar-refractivity contribution < 1.29 is 9.50 Å². The molecule has 0 heterocycles. The van der Waals surface area contributed by atoms with E-state index < -0.39 is 6.10 Å². The molecule has 2 rings (SSSR count). The number of hydrogen-bond donors (Lipinski definition) is 1. The topological polar surface area (TPSA) is 20.2 Å². The normalized spacial score (nSPS) is 12.5. The van der Waals surface area contributed by atoms with Crippen LogP contribution in [-0.2, 0) is 6.42 Å². The molecule has 0 aliphatic heterocycles. The fourth-order valence-electron chi connectivity index (χ4n) is 1.99. The molecule has 100 valence electrons. The third kappa shape index (κ3) is 3.43. The van der Waals surface area contributed by atoms with Crippen LogP contribution < -0.4 is 0 Å². The molecule has 0 fully saturated rings. The van der Waals surface area contributed by atoms with Gasteiger partial charge < -0.3 is 5.11 Å². The number of hydrogen-bond acceptors (Lipinski definition) is 1.